The SMILES string of the molecule is CC[C@H](C(=O)NC1CCCCC1)N(Cc1ccc(C)cc1)C(=O)CSc1ccccc1. The zero-order chi connectivity index (χ0) is 22.1. The maximum atomic E-state index is 13.3. The van der Waals surface area contributed by atoms with Crippen LogP contribution < -0.4 is 5.32 Å². The van der Waals surface area contributed by atoms with Crippen LogP contribution in [0.15, 0.2) is 59.5 Å². The second-order valence-corrected chi connectivity index (χ2v) is 9.43. The summed E-state index contributed by atoms with van der Waals surface area (Å²) in [4.78, 5) is 29.3. The van der Waals surface area contributed by atoms with Crippen LogP contribution in [0.3, 0.4) is 0 Å². The van der Waals surface area contributed by atoms with Crippen LogP contribution in [0.1, 0.15) is 56.6 Å². The van der Waals surface area contributed by atoms with Crippen LogP contribution in [0.5, 0.6) is 0 Å². The van der Waals surface area contributed by atoms with Crippen molar-refractivity contribution in [2.24, 2.45) is 0 Å². The lowest BCUT2D eigenvalue weighted by molar-refractivity contribution is -0.139. The zero-order valence-electron chi connectivity index (χ0n) is 18.7. The lowest BCUT2D eigenvalue weighted by Gasteiger charge is -2.32. The van der Waals surface area contributed by atoms with Crippen molar-refractivity contribution in [3.8, 4) is 0 Å². The van der Waals surface area contributed by atoms with Crippen molar-refractivity contribution in [1.29, 1.82) is 0 Å². The Balaban J connectivity index is 1.73. The standard InChI is InChI=1S/C26H34N2O2S/c1-3-24(26(30)27-22-10-6-4-7-11-22)28(18-21-16-14-20(2)15-17-21)25(29)19-31-23-12-8-5-9-13-23/h5,8-9,12-17,22,24H,3-4,6-7,10-11,18-19H2,1-2H3,(H,27,30)/t24-/m1/s1. The minimum atomic E-state index is -0.452. The molecular formula is C26H34N2O2S. The van der Waals surface area contributed by atoms with Gasteiger partial charge in [-0.1, -0.05) is 74.2 Å². The summed E-state index contributed by atoms with van der Waals surface area (Å²) in [5.74, 6) is 0.308. The van der Waals surface area contributed by atoms with Crippen LogP contribution in [-0.2, 0) is 16.1 Å². The van der Waals surface area contributed by atoms with Crippen molar-refractivity contribution >= 4 is 23.6 Å². The van der Waals surface area contributed by atoms with Crippen molar-refractivity contribution in [2.75, 3.05) is 5.75 Å². The molecule has 0 aliphatic heterocycles. The molecule has 1 atom stereocenters. The van der Waals surface area contributed by atoms with Gasteiger partial charge in [0.15, 0.2) is 0 Å². The van der Waals surface area contributed by atoms with Crippen molar-refractivity contribution in [2.45, 2.75) is 75.9 Å². The summed E-state index contributed by atoms with van der Waals surface area (Å²) >= 11 is 1.52. The lowest BCUT2D eigenvalue weighted by Crippen LogP contribution is -2.52. The molecule has 166 valence electrons. The maximum Gasteiger partial charge on any atom is 0.243 e. The Kier molecular flexibility index (Phi) is 9.01. The summed E-state index contributed by atoms with van der Waals surface area (Å²) in [5.41, 5.74) is 2.23. The molecular weight excluding hydrogens is 404 g/mol. The highest BCUT2D eigenvalue weighted by molar-refractivity contribution is 8.00. The number of nitrogens with one attached hydrogen (secondary N) is 1. The molecule has 0 spiro atoms. The number of benzene rings is 2. The van der Waals surface area contributed by atoms with Gasteiger partial charge in [-0.15, -0.1) is 11.8 Å². The molecule has 31 heavy (non-hydrogen) atoms. The first-order valence-corrected chi connectivity index (χ1v) is 12.4. The van der Waals surface area contributed by atoms with E-state index in [4.69, 9.17) is 0 Å². The second kappa shape index (κ2) is 11.9. The number of aryl methyl sites for hydroxylation is 1. The fourth-order valence-corrected chi connectivity index (χ4v) is 4.90. The Morgan fingerprint density at radius 2 is 1.71 bits per heavy atom. The van der Waals surface area contributed by atoms with Gasteiger partial charge in [0.1, 0.15) is 6.04 Å². The molecule has 2 aromatic rings. The van der Waals surface area contributed by atoms with Gasteiger partial charge in [0.2, 0.25) is 11.8 Å². The molecule has 0 unspecified atom stereocenters. The van der Waals surface area contributed by atoms with E-state index in [2.05, 4.69) is 24.4 Å². The van der Waals surface area contributed by atoms with Gasteiger partial charge in [-0.05, 0) is 43.9 Å². The highest BCUT2D eigenvalue weighted by atomic mass is 32.2. The summed E-state index contributed by atoms with van der Waals surface area (Å²) in [6.45, 7) is 4.49. The molecule has 0 heterocycles. The molecule has 0 radical (unpaired) electrons. The Hall–Kier alpha value is -2.27. The number of carbonyl (C=O) groups is 2. The zero-order valence-corrected chi connectivity index (χ0v) is 19.5. The van der Waals surface area contributed by atoms with Crippen molar-refractivity contribution in [3.63, 3.8) is 0 Å². The molecule has 1 fully saturated rings. The largest absolute Gasteiger partial charge is 0.352 e. The lowest BCUT2D eigenvalue weighted by atomic mass is 9.95. The third kappa shape index (κ3) is 7.13. The topological polar surface area (TPSA) is 49.4 Å². The van der Waals surface area contributed by atoms with E-state index < -0.39 is 6.04 Å². The minimum absolute atomic E-state index is 0.0000669. The van der Waals surface area contributed by atoms with Gasteiger partial charge in [-0.3, -0.25) is 9.59 Å². The number of thioether (sulfide) groups is 1. The number of hydrogen-bond acceptors (Lipinski definition) is 3. The summed E-state index contributed by atoms with van der Waals surface area (Å²) in [6, 6.07) is 17.9. The first kappa shape index (κ1) is 23.4. The van der Waals surface area contributed by atoms with Gasteiger partial charge in [0, 0.05) is 17.5 Å². The monoisotopic (exact) mass is 438 g/mol. The second-order valence-electron chi connectivity index (χ2n) is 8.38. The molecule has 2 aromatic carbocycles. The predicted molar refractivity (Wildman–Crippen MR) is 128 cm³/mol. The highest BCUT2D eigenvalue weighted by Gasteiger charge is 2.30. The molecule has 2 amide bonds. The van der Waals surface area contributed by atoms with E-state index in [-0.39, 0.29) is 17.9 Å². The van der Waals surface area contributed by atoms with E-state index in [0.29, 0.717) is 18.7 Å². The van der Waals surface area contributed by atoms with E-state index >= 15 is 0 Å². The molecule has 1 N–H and O–H groups in total. The predicted octanol–water partition coefficient (Wildman–Crippen LogP) is 5.34. The van der Waals surface area contributed by atoms with Crippen LogP contribution in [0.25, 0.3) is 0 Å². The van der Waals surface area contributed by atoms with E-state index in [1.165, 1.54) is 36.6 Å². The first-order valence-electron chi connectivity index (χ1n) is 11.4. The number of rotatable bonds is 9. The average Bonchev–Trinajstić information content (AvgIpc) is 2.80. The fraction of sp³-hybridized carbons (Fsp3) is 0.462. The molecule has 1 aliphatic carbocycles. The van der Waals surface area contributed by atoms with Crippen LogP contribution >= 0.6 is 11.8 Å². The average molecular weight is 439 g/mol. The Bertz CT molecular complexity index is 832. The number of nitrogens with zero attached hydrogens (tertiary/aromatic N) is 1. The Labute approximate surface area is 190 Å². The van der Waals surface area contributed by atoms with Gasteiger partial charge < -0.3 is 10.2 Å². The molecule has 0 saturated heterocycles. The van der Waals surface area contributed by atoms with Gasteiger partial charge in [-0.25, -0.2) is 0 Å². The molecule has 0 aromatic heterocycles. The smallest absolute Gasteiger partial charge is 0.243 e. The van der Waals surface area contributed by atoms with E-state index in [1.54, 1.807) is 4.90 Å². The van der Waals surface area contributed by atoms with Crippen molar-refractivity contribution in [3.05, 3.63) is 65.7 Å². The first-order chi connectivity index (χ1) is 15.1. The number of amides is 2. The van der Waals surface area contributed by atoms with Crippen molar-refractivity contribution < 1.29 is 9.59 Å². The van der Waals surface area contributed by atoms with E-state index in [9.17, 15) is 9.59 Å². The normalized spacial score (nSPS) is 15.3. The highest BCUT2D eigenvalue weighted by Crippen LogP contribution is 2.22. The Morgan fingerprint density at radius 1 is 1.03 bits per heavy atom. The Morgan fingerprint density at radius 3 is 2.35 bits per heavy atom. The minimum Gasteiger partial charge on any atom is -0.352 e. The third-order valence-corrected chi connectivity index (χ3v) is 6.91. The van der Waals surface area contributed by atoms with Gasteiger partial charge in [-0.2, -0.15) is 0 Å². The van der Waals surface area contributed by atoms with Crippen LogP contribution in [0.2, 0.25) is 0 Å². The summed E-state index contributed by atoms with van der Waals surface area (Å²) < 4.78 is 0. The van der Waals surface area contributed by atoms with Gasteiger partial charge in [0.05, 0.1) is 5.75 Å². The van der Waals surface area contributed by atoms with Crippen LogP contribution in [-0.4, -0.2) is 34.6 Å². The molecule has 3 rings (SSSR count). The summed E-state index contributed by atoms with van der Waals surface area (Å²) in [6.07, 6.45) is 6.27. The van der Waals surface area contributed by atoms with E-state index in [0.717, 1.165) is 23.3 Å². The molecule has 5 heteroatoms. The van der Waals surface area contributed by atoms with Gasteiger partial charge in [0.25, 0.3) is 0 Å². The van der Waals surface area contributed by atoms with E-state index in [1.807, 2.05) is 49.4 Å². The molecule has 1 saturated carbocycles. The quantitative estimate of drug-likeness (QED) is 0.537. The van der Waals surface area contributed by atoms with Crippen molar-refractivity contribution in [1.82, 2.24) is 10.2 Å². The molecule has 0 bridgehead atoms. The van der Waals surface area contributed by atoms with Gasteiger partial charge >= 0.3 is 0 Å². The maximum absolute atomic E-state index is 13.3. The third-order valence-electron chi connectivity index (χ3n) is 5.92. The van der Waals surface area contributed by atoms with Crippen LogP contribution in [0.4, 0.5) is 0 Å². The molecule has 4 nitrogen and oxygen atoms in total. The molecule has 1 aliphatic rings. The number of carbonyl (C=O) groups excluding carboxylic acids is 2. The summed E-state index contributed by atoms with van der Waals surface area (Å²) in [5, 5.41) is 3.23. The number of hydrogen-bond donors (Lipinski definition) is 1. The summed E-state index contributed by atoms with van der Waals surface area (Å²) in [7, 11) is 0. The fourth-order valence-electron chi connectivity index (χ4n) is 4.10. The van der Waals surface area contributed by atoms with Crippen LogP contribution in [0, 0.1) is 6.92 Å².